The molecule has 0 aliphatic carbocycles. The van der Waals surface area contributed by atoms with Gasteiger partial charge in [-0.05, 0) is 13.0 Å². The van der Waals surface area contributed by atoms with E-state index in [1.54, 1.807) is 12.1 Å². The first-order chi connectivity index (χ1) is 9.99. The van der Waals surface area contributed by atoms with Crippen LogP contribution in [0.2, 0.25) is 0 Å². The molecule has 0 saturated heterocycles. The lowest BCUT2D eigenvalue weighted by Crippen LogP contribution is -2.24. The van der Waals surface area contributed by atoms with Gasteiger partial charge in [0.15, 0.2) is 0 Å². The van der Waals surface area contributed by atoms with E-state index in [9.17, 15) is 8.42 Å². The topological polar surface area (TPSA) is 99.2 Å². The molecule has 1 aromatic heterocycles. The number of nitrogen functional groups attached to an aromatic ring is 1. The van der Waals surface area contributed by atoms with Crippen LogP contribution in [0.25, 0.3) is 0 Å². The number of sulfonamides is 1. The first-order valence-corrected chi connectivity index (χ1v) is 7.90. The van der Waals surface area contributed by atoms with Crippen molar-refractivity contribution >= 4 is 15.8 Å². The van der Waals surface area contributed by atoms with E-state index in [4.69, 9.17) is 10.5 Å². The van der Waals surface area contributed by atoms with Crippen LogP contribution in [0.5, 0.6) is 5.75 Å². The molecular weight excluding hydrogens is 292 g/mol. The molecule has 2 rings (SSSR count). The molecule has 0 bridgehead atoms. The Hall–Kier alpha value is -2.06. The smallest absolute Gasteiger partial charge is 0.246 e. The van der Waals surface area contributed by atoms with Crippen molar-refractivity contribution in [2.24, 2.45) is 0 Å². The maximum atomic E-state index is 12.3. The minimum atomic E-state index is -3.72. The average Bonchev–Trinajstić information content (AvgIpc) is 2.87. The third kappa shape index (κ3) is 3.17. The molecule has 1 heterocycles. The van der Waals surface area contributed by atoms with Gasteiger partial charge in [-0.25, -0.2) is 17.8 Å². The van der Waals surface area contributed by atoms with E-state index in [-0.39, 0.29) is 17.3 Å². The van der Waals surface area contributed by atoms with Crippen LogP contribution in [0.3, 0.4) is 0 Å². The first-order valence-electron chi connectivity index (χ1n) is 6.42. The van der Waals surface area contributed by atoms with Crippen molar-refractivity contribution in [1.29, 1.82) is 0 Å². The second kappa shape index (κ2) is 6.15. The van der Waals surface area contributed by atoms with Crippen LogP contribution in [0.15, 0.2) is 35.4 Å². The number of ether oxygens (including phenoxy) is 1. The van der Waals surface area contributed by atoms with Crippen LogP contribution >= 0.6 is 0 Å². The monoisotopic (exact) mass is 310 g/mol. The van der Waals surface area contributed by atoms with Gasteiger partial charge in [-0.1, -0.05) is 18.2 Å². The minimum Gasteiger partial charge on any atom is -0.496 e. The largest absolute Gasteiger partial charge is 0.496 e. The number of hydrogen-bond donors (Lipinski definition) is 2. The molecule has 3 N–H and O–H groups in total. The molecule has 0 aliphatic heterocycles. The van der Waals surface area contributed by atoms with Crippen LogP contribution < -0.4 is 15.2 Å². The molecular formula is C13H18N4O3S. The second-order valence-corrected chi connectivity index (χ2v) is 6.08. The van der Waals surface area contributed by atoms with Crippen molar-refractivity contribution < 1.29 is 13.2 Å². The number of nitrogens with two attached hydrogens (primary N) is 1. The van der Waals surface area contributed by atoms with Gasteiger partial charge in [0.25, 0.3) is 0 Å². The predicted octanol–water partition coefficient (Wildman–Crippen LogP) is 0.972. The van der Waals surface area contributed by atoms with Gasteiger partial charge >= 0.3 is 0 Å². The number of anilines is 1. The number of benzene rings is 1. The molecule has 0 unspecified atom stereocenters. The Morgan fingerprint density at radius 1 is 1.38 bits per heavy atom. The number of methoxy groups -OCH3 is 1. The molecule has 0 amide bonds. The van der Waals surface area contributed by atoms with Crippen LogP contribution in [0.4, 0.5) is 5.82 Å². The summed E-state index contributed by atoms with van der Waals surface area (Å²) in [5.41, 5.74) is 6.52. The fraction of sp³-hybridized carbons (Fsp3) is 0.308. The highest BCUT2D eigenvalue weighted by atomic mass is 32.2. The highest BCUT2D eigenvalue weighted by Gasteiger charge is 2.21. The maximum Gasteiger partial charge on any atom is 0.246 e. The molecule has 0 saturated carbocycles. The van der Waals surface area contributed by atoms with Gasteiger partial charge < -0.3 is 10.5 Å². The van der Waals surface area contributed by atoms with Gasteiger partial charge in [-0.2, -0.15) is 5.10 Å². The Bertz CT molecular complexity index is 725. The first kappa shape index (κ1) is 15.3. The van der Waals surface area contributed by atoms with E-state index in [0.717, 1.165) is 5.56 Å². The number of hydrogen-bond acceptors (Lipinski definition) is 5. The standard InChI is InChI=1S/C13H18N4O3S/c1-3-17-13(14)12(9-15-17)21(18,19)16-8-10-6-4-5-7-11(10)20-2/h4-7,9,16H,3,8,14H2,1-2H3. The summed E-state index contributed by atoms with van der Waals surface area (Å²) in [6.07, 6.45) is 1.25. The van der Waals surface area contributed by atoms with Gasteiger partial charge in [0.2, 0.25) is 10.0 Å². The van der Waals surface area contributed by atoms with E-state index in [0.29, 0.717) is 12.3 Å². The third-order valence-corrected chi connectivity index (χ3v) is 4.50. The normalized spacial score (nSPS) is 11.5. The Kier molecular flexibility index (Phi) is 4.49. The molecule has 21 heavy (non-hydrogen) atoms. The third-order valence-electron chi connectivity index (χ3n) is 3.08. The molecule has 1 aromatic carbocycles. The zero-order valence-corrected chi connectivity index (χ0v) is 12.7. The number of aromatic nitrogens is 2. The summed E-state index contributed by atoms with van der Waals surface area (Å²) < 4.78 is 33.7. The van der Waals surface area contributed by atoms with Crippen molar-refractivity contribution in [1.82, 2.24) is 14.5 Å². The summed E-state index contributed by atoms with van der Waals surface area (Å²) in [6, 6.07) is 7.20. The van der Waals surface area contributed by atoms with Crippen molar-refractivity contribution in [2.75, 3.05) is 12.8 Å². The van der Waals surface area contributed by atoms with Gasteiger partial charge in [0, 0.05) is 18.7 Å². The number of rotatable bonds is 6. The number of para-hydroxylation sites is 1. The Morgan fingerprint density at radius 3 is 2.71 bits per heavy atom. The summed E-state index contributed by atoms with van der Waals surface area (Å²) in [5.74, 6) is 0.752. The fourth-order valence-corrected chi connectivity index (χ4v) is 3.00. The number of nitrogens with one attached hydrogen (secondary N) is 1. The Balaban J connectivity index is 2.20. The molecule has 0 aliphatic rings. The quantitative estimate of drug-likeness (QED) is 0.828. The lowest BCUT2D eigenvalue weighted by atomic mass is 10.2. The molecule has 0 spiro atoms. The van der Waals surface area contributed by atoms with E-state index in [1.165, 1.54) is 18.0 Å². The van der Waals surface area contributed by atoms with Crippen molar-refractivity contribution in [3.8, 4) is 5.75 Å². The summed E-state index contributed by atoms with van der Waals surface area (Å²) in [4.78, 5) is -0.0146. The van der Waals surface area contributed by atoms with Gasteiger partial charge in [0.1, 0.15) is 16.5 Å². The van der Waals surface area contributed by atoms with Gasteiger partial charge in [-0.15, -0.1) is 0 Å². The van der Waals surface area contributed by atoms with Crippen molar-refractivity contribution in [3.63, 3.8) is 0 Å². The lowest BCUT2D eigenvalue weighted by Gasteiger charge is -2.10. The second-order valence-electron chi connectivity index (χ2n) is 4.35. The molecule has 114 valence electrons. The van der Waals surface area contributed by atoms with Crippen molar-refractivity contribution in [3.05, 3.63) is 36.0 Å². The van der Waals surface area contributed by atoms with Crippen LogP contribution in [0, 0.1) is 0 Å². The lowest BCUT2D eigenvalue weighted by molar-refractivity contribution is 0.409. The maximum absolute atomic E-state index is 12.3. The molecule has 2 aromatic rings. The highest BCUT2D eigenvalue weighted by Crippen LogP contribution is 2.20. The SMILES string of the molecule is CCn1ncc(S(=O)(=O)NCc2ccccc2OC)c1N. The zero-order valence-electron chi connectivity index (χ0n) is 11.9. The predicted molar refractivity (Wildman–Crippen MR) is 79.3 cm³/mol. The number of nitrogens with zero attached hydrogens (tertiary/aromatic N) is 2. The average molecular weight is 310 g/mol. The van der Waals surface area contributed by atoms with Gasteiger partial charge in [0.05, 0.1) is 13.3 Å². The van der Waals surface area contributed by atoms with E-state index in [1.807, 2.05) is 19.1 Å². The molecule has 0 radical (unpaired) electrons. The van der Waals surface area contributed by atoms with Crippen LogP contribution in [-0.4, -0.2) is 25.3 Å². The highest BCUT2D eigenvalue weighted by molar-refractivity contribution is 7.89. The van der Waals surface area contributed by atoms with Crippen LogP contribution in [-0.2, 0) is 23.1 Å². The van der Waals surface area contributed by atoms with E-state index >= 15 is 0 Å². The summed E-state index contributed by atoms with van der Waals surface area (Å²) in [6.45, 7) is 2.46. The fourth-order valence-electron chi connectivity index (χ4n) is 1.94. The molecule has 8 heteroatoms. The summed E-state index contributed by atoms with van der Waals surface area (Å²) in [7, 11) is -2.18. The molecule has 7 nitrogen and oxygen atoms in total. The molecule has 0 fully saturated rings. The van der Waals surface area contributed by atoms with Gasteiger partial charge in [-0.3, -0.25) is 0 Å². The molecule has 0 atom stereocenters. The summed E-state index contributed by atoms with van der Waals surface area (Å²) >= 11 is 0. The number of aryl methyl sites for hydroxylation is 1. The minimum absolute atomic E-state index is 0.0146. The Labute approximate surface area is 123 Å². The van der Waals surface area contributed by atoms with E-state index in [2.05, 4.69) is 9.82 Å². The Morgan fingerprint density at radius 2 is 2.10 bits per heavy atom. The summed E-state index contributed by atoms with van der Waals surface area (Å²) in [5, 5.41) is 3.94. The van der Waals surface area contributed by atoms with Crippen LogP contribution in [0.1, 0.15) is 12.5 Å². The van der Waals surface area contributed by atoms with Crippen molar-refractivity contribution in [2.45, 2.75) is 24.9 Å². The zero-order chi connectivity index (χ0) is 15.5. The van der Waals surface area contributed by atoms with E-state index < -0.39 is 10.0 Å².